The first-order valence-electron chi connectivity index (χ1n) is 6.86. The topological polar surface area (TPSA) is 123 Å². The number of carbonyl (C=O) groups is 1. The Labute approximate surface area is 121 Å². The number of nitrogen functional groups attached to an aromatic ring is 1. The third kappa shape index (κ3) is 3.27. The molecule has 0 atom stereocenters. The van der Waals surface area contributed by atoms with E-state index in [2.05, 4.69) is 4.98 Å². The fraction of sp³-hybridized carbons (Fsp3) is 0.538. The van der Waals surface area contributed by atoms with Crippen LogP contribution < -0.4 is 5.73 Å². The smallest absolute Gasteiger partial charge is 0.288 e. The molecule has 1 heterocycles. The van der Waals surface area contributed by atoms with Crippen LogP contribution in [0.25, 0.3) is 0 Å². The Morgan fingerprint density at radius 1 is 1.52 bits per heavy atom. The molecule has 1 aromatic rings. The van der Waals surface area contributed by atoms with Gasteiger partial charge in [0.05, 0.1) is 17.1 Å². The summed E-state index contributed by atoms with van der Waals surface area (Å²) in [6.45, 7) is 0.0239. The van der Waals surface area contributed by atoms with E-state index in [1.807, 2.05) is 0 Å². The van der Waals surface area contributed by atoms with Crippen molar-refractivity contribution >= 4 is 17.4 Å². The summed E-state index contributed by atoms with van der Waals surface area (Å²) in [6, 6.07) is 1.19. The van der Waals surface area contributed by atoms with Gasteiger partial charge in [-0.1, -0.05) is 12.8 Å². The molecular formula is C13H18N4O4. The van der Waals surface area contributed by atoms with Crippen LogP contribution in [0, 0.1) is 10.1 Å². The molecule has 0 aromatic carbocycles. The van der Waals surface area contributed by atoms with Gasteiger partial charge >= 0.3 is 0 Å². The van der Waals surface area contributed by atoms with Crippen molar-refractivity contribution in [1.29, 1.82) is 0 Å². The molecule has 114 valence electrons. The molecule has 1 fully saturated rings. The van der Waals surface area contributed by atoms with E-state index in [0.29, 0.717) is 0 Å². The molecule has 0 radical (unpaired) electrons. The monoisotopic (exact) mass is 294 g/mol. The van der Waals surface area contributed by atoms with Gasteiger partial charge in [-0.25, -0.2) is 4.98 Å². The van der Waals surface area contributed by atoms with Crippen LogP contribution in [0.4, 0.5) is 11.5 Å². The van der Waals surface area contributed by atoms with Gasteiger partial charge in [-0.3, -0.25) is 14.9 Å². The Kier molecular flexibility index (Phi) is 4.69. The first kappa shape index (κ1) is 15.2. The van der Waals surface area contributed by atoms with E-state index in [4.69, 9.17) is 10.8 Å². The Bertz CT molecular complexity index is 543. The van der Waals surface area contributed by atoms with Crippen LogP contribution in [0.3, 0.4) is 0 Å². The Hall–Kier alpha value is -2.22. The Morgan fingerprint density at radius 3 is 2.76 bits per heavy atom. The van der Waals surface area contributed by atoms with Crippen LogP contribution >= 0.6 is 0 Å². The number of hydrogen-bond acceptors (Lipinski definition) is 6. The minimum absolute atomic E-state index is 0.0181. The van der Waals surface area contributed by atoms with Gasteiger partial charge in [0.1, 0.15) is 12.0 Å². The fourth-order valence-corrected chi connectivity index (χ4v) is 2.66. The SMILES string of the molecule is Nc1ncc([N+](=O)[O-])cc1C(=O)N(CCO)C1CCCC1. The number of rotatable bonds is 5. The largest absolute Gasteiger partial charge is 0.395 e. The average molecular weight is 294 g/mol. The molecule has 0 saturated heterocycles. The quantitative estimate of drug-likeness (QED) is 0.615. The molecule has 21 heavy (non-hydrogen) atoms. The van der Waals surface area contributed by atoms with Crippen molar-refractivity contribution in [3.05, 3.63) is 27.9 Å². The van der Waals surface area contributed by atoms with Crippen LogP contribution in [0.2, 0.25) is 0 Å². The number of aromatic nitrogens is 1. The Morgan fingerprint density at radius 2 is 2.19 bits per heavy atom. The molecule has 8 nitrogen and oxygen atoms in total. The predicted octanol–water partition coefficient (Wildman–Crippen LogP) is 0.949. The number of aliphatic hydroxyl groups excluding tert-OH is 1. The number of hydrogen-bond donors (Lipinski definition) is 2. The van der Waals surface area contributed by atoms with Crippen LogP contribution in [0.15, 0.2) is 12.3 Å². The van der Waals surface area contributed by atoms with Crippen molar-refractivity contribution in [1.82, 2.24) is 9.88 Å². The summed E-state index contributed by atoms with van der Waals surface area (Å²) < 4.78 is 0. The summed E-state index contributed by atoms with van der Waals surface area (Å²) in [5.41, 5.74) is 5.42. The van der Waals surface area contributed by atoms with E-state index in [0.717, 1.165) is 37.9 Å². The number of nitrogens with two attached hydrogens (primary N) is 1. The zero-order valence-corrected chi connectivity index (χ0v) is 11.6. The van der Waals surface area contributed by atoms with Crippen molar-refractivity contribution in [3.8, 4) is 0 Å². The fourth-order valence-electron chi connectivity index (χ4n) is 2.66. The lowest BCUT2D eigenvalue weighted by molar-refractivity contribution is -0.385. The Balaban J connectivity index is 2.31. The molecule has 1 amide bonds. The van der Waals surface area contributed by atoms with Gasteiger partial charge in [-0.15, -0.1) is 0 Å². The average Bonchev–Trinajstić information content (AvgIpc) is 2.98. The van der Waals surface area contributed by atoms with Crippen molar-refractivity contribution in [2.45, 2.75) is 31.7 Å². The molecule has 1 aromatic heterocycles. The normalized spacial score (nSPS) is 15.1. The van der Waals surface area contributed by atoms with E-state index in [1.165, 1.54) is 0 Å². The number of nitrogens with zero attached hydrogens (tertiary/aromatic N) is 3. The van der Waals surface area contributed by atoms with Gasteiger partial charge in [-0.05, 0) is 12.8 Å². The van der Waals surface area contributed by atoms with Gasteiger partial charge in [0.25, 0.3) is 11.6 Å². The maximum atomic E-state index is 12.6. The highest BCUT2D eigenvalue weighted by Gasteiger charge is 2.29. The van der Waals surface area contributed by atoms with Gasteiger partial charge < -0.3 is 15.7 Å². The van der Waals surface area contributed by atoms with Crippen LogP contribution in [-0.2, 0) is 0 Å². The second-order valence-corrected chi connectivity index (χ2v) is 5.04. The summed E-state index contributed by atoms with van der Waals surface area (Å²) >= 11 is 0. The maximum absolute atomic E-state index is 12.6. The van der Waals surface area contributed by atoms with Crippen LogP contribution in [0.5, 0.6) is 0 Å². The van der Waals surface area contributed by atoms with Crippen molar-refractivity contribution < 1.29 is 14.8 Å². The highest BCUT2D eigenvalue weighted by Crippen LogP contribution is 2.26. The highest BCUT2D eigenvalue weighted by atomic mass is 16.6. The molecule has 1 aliphatic carbocycles. The van der Waals surface area contributed by atoms with E-state index >= 15 is 0 Å². The van der Waals surface area contributed by atoms with Gasteiger partial charge in [0, 0.05) is 18.7 Å². The third-order valence-electron chi connectivity index (χ3n) is 3.71. The lowest BCUT2D eigenvalue weighted by atomic mass is 10.1. The lowest BCUT2D eigenvalue weighted by Gasteiger charge is -2.28. The van der Waals surface area contributed by atoms with Crippen molar-refractivity contribution in [2.75, 3.05) is 18.9 Å². The molecule has 0 aliphatic heterocycles. The molecule has 0 spiro atoms. The van der Waals surface area contributed by atoms with E-state index in [1.54, 1.807) is 4.90 Å². The summed E-state index contributed by atoms with van der Waals surface area (Å²) in [6.07, 6.45) is 4.82. The van der Waals surface area contributed by atoms with Crippen molar-refractivity contribution in [2.24, 2.45) is 0 Å². The number of nitro groups is 1. The lowest BCUT2D eigenvalue weighted by Crippen LogP contribution is -2.41. The molecule has 0 bridgehead atoms. The second kappa shape index (κ2) is 6.49. The molecule has 1 saturated carbocycles. The molecule has 8 heteroatoms. The summed E-state index contributed by atoms with van der Waals surface area (Å²) in [4.78, 5) is 28.0. The van der Waals surface area contributed by atoms with E-state index < -0.39 is 10.8 Å². The van der Waals surface area contributed by atoms with E-state index in [9.17, 15) is 14.9 Å². The first-order chi connectivity index (χ1) is 10.0. The maximum Gasteiger partial charge on any atom is 0.288 e. The minimum atomic E-state index is -0.616. The van der Waals surface area contributed by atoms with Gasteiger partial charge in [-0.2, -0.15) is 0 Å². The molecule has 1 aliphatic rings. The number of anilines is 1. The summed E-state index contributed by atoms with van der Waals surface area (Å²) in [7, 11) is 0. The molecule has 2 rings (SSSR count). The van der Waals surface area contributed by atoms with Crippen molar-refractivity contribution in [3.63, 3.8) is 0 Å². The third-order valence-corrected chi connectivity index (χ3v) is 3.71. The summed E-state index contributed by atoms with van der Waals surface area (Å²) in [5.74, 6) is -0.448. The van der Waals surface area contributed by atoms with Crippen LogP contribution in [0.1, 0.15) is 36.0 Å². The zero-order chi connectivity index (χ0) is 15.4. The first-order valence-corrected chi connectivity index (χ1v) is 6.86. The highest BCUT2D eigenvalue weighted by molar-refractivity contribution is 5.99. The number of carbonyl (C=O) groups excluding carboxylic acids is 1. The molecular weight excluding hydrogens is 276 g/mol. The summed E-state index contributed by atoms with van der Waals surface area (Å²) in [5, 5.41) is 20.0. The van der Waals surface area contributed by atoms with Crippen LogP contribution in [-0.4, -0.2) is 45.0 Å². The number of aliphatic hydroxyl groups is 1. The standard InChI is InChI=1S/C13H18N4O4/c14-12-11(7-10(8-15-12)17(20)21)13(19)16(5-6-18)9-3-1-2-4-9/h7-9,18H,1-6H2,(H2,14,15). The van der Waals surface area contributed by atoms with Gasteiger partial charge in [0.2, 0.25) is 0 Å². The minimum Gasteiger partial charge on any atom is -0.395 e. The zero-order valence-electron chi connectivity index (χ0n) is 11.6. The van der Waals surface area contributed by atoms with Gasteiger partial charge in [0.15, 0.2) is 0 Å². The second-order valence-electron chi connectivity index (χ2n) is 5.04. The molecule has 0 unspecified atom stereocenters. The predicted molar refractivity (Wildman–Crippen MR) is 75.7 cm³/mol. The number of pyridine rings is 1. The van der Waals surface area contributed by atoms with E-state index in [-0.39, 0.29) is 36.3 Å². The number of amides is 1. The molecule has 3 N–H and O–H groups in total.